The van der Waals surface area contributed by atoms with Gasteiger partial charge in [-0.15, -0.1) is 0 Å². The van der Waals surface area contributed by atoms with Crippen LogP contribution in [0.25, 0.3) is 0 Å². The summed E-state index contributed by atoms with van der Waals surface area (Å²) in [6.45, 7) is 0. The monoisotopic (exact) mass is 375 g/mol. The fraction of sp³-hybridized carbons (Fsp3) is 0. The van der Waals surface area contributed by atoms with Crippen molar-refractivity contribution in [3.05, 3.63) is 82.4 Å². The molecule has 0 atom stereocenters. The van der Waals surface area contributed by atoms with Crippen LogP contribution in [0.15, 0.2) is 60.8 Å². The first-order valence-electron chi connectivity index (χ1n) is 7.26. The Balaban J connectivity index is 1.68. The minimum Gasteiger partial charge on any atom is -0.354 e. The average Bonchev–Trinajstić information content (AvgIpc) is 2.60. The Hall–Kier alpha value is -2.63. The molecule has 0 saturated heterocycles. The molecule has 1 aromatic heterocycles. The van der Waals surface area contributed by atoms with Crippen molar-refractivity contribution in [1.82, 2.24) is 4.98 Å². The molecule has 4 nitrogen and oxygen atoms in total. The lowest BCUT2D eigenvalue weighted by atomic mass is 10.2. The zero-order chi connectivity index (χ0) is 17.8. The first-order valence-corrected chi connectivity index (χ1v) is 8.02. The van der Waals surface area contributed by atoms with E-state index in [-0.39, 0.29) is 11.5 Å². The predicted octanol–water partition coefficient (Wildman–Crippen LogP) is 5.52. The highest BCUT2D eigenvalue weighted by atomic mass is 35.5. The van der Waals surface area contributed by atoms with Crippen LogP contribution in [0.3, 0.4) is 0 Å². The van der Waals surface area contributed by atoms with E-state index in [2.05, 4.69) is 15.6 Å². The van der Waals surface area contributed by atoms with Gasteiger partial charge in [-0.2, -0.15) is 0 Å². The SMILES string of the molecule is O=C(Nc1ccc(Cl)cc1Cl)c1ccc(Nc2ccc(F)cc2)cn1. The largest absolute Gasteiger partial charge is 0.354 e. The van der Waals surface area contributed by atoms with E-state index in [1.807, 2.05) is 0 Å². The summed E-state index contributed by atoms with van der Waals surface area (Å²) in [6, 6.07) is 14.0. The zero-order valence-corrected chi connectivity index (χ0v) is 14.3. The second-order valence-corrected chi connectivity index (χ2v) is 5.99. The number of rotatable bonds is 4. The van der Waals surface area contributed by atoms with E-state index in [0.29, 0.717) is 27.1 Å². The molecular formula is C18H12Cl2FN3O. The maximum atomic E-state index is 12.9. The third-order valence-electron chi connectivity index (χ3n) is 3.31. The van der Waals surface area contributed by atoms with E-state index in [1.54, 1.807) is 42.5 Å². The Bertz CT molecular complexity index is 899. The number of aromatic nitrogens is 1. The number of nitrogens with one attached hydrogen (secondary N) is 2. The molecule has 0 aliphatic heterocycles. The molecule has 0 radical (unpaired) electrons. The Morgan fingerprint density at radius 1 is 0.960 bits per heavy atom. The van der Waals surface area contributed by atoms with Gasteiger partial charge in [-0.1, -0.05) is 23.2 Å². The van der Waals surface area contributed by atoms with Crippen LogP contribution in [-0.4, -0.2) is 10.9 Å². The van der Waals surface area contributed by atoms with Crippen LogP contribution in [0.2, 0.25) is 10.0 Å². The van der Waals surface area contributed by atoms with Crippen molar-refractivity contribution >= 4 is 46.2 Å². The van der Waals surface area contributed by atoms with Crippen molar-refractivity contribution < 1.29 is 9.18 Å². The Labute approximate surface area is 153 Å². The number of pyridine rings is 1. The molecule has 2 N–H and O–H groups in total. The standard InChI is InChI=1S/C18H12Cl2FN3O/c19-11-1-7-16(15(20)9-11)24-18(25)17-8-6-14(10-22-17)23-13-4-2-12(21)3-5-13/h1-10,23H,(H,24,25). The third-order valence-corrected chi connectivity index (χ3v) is 3.86. The van der Waals surface area contributed by atoms with Crippen LogP contribution in [0.4, 0.5) is 21.5 Å². The third kappa shape index (κ3) is 4.47. The smallest absolute Gasteiger partial charge is 0.274 e. The molecule has 126 valence electrons. The van der Waals surface area contributed by atoms with Gasteiger partial charge in [0, 0.05) is 10.7 Å². The lowest BCUT2D eigenvalue weighted by molar-refractivity contribution is 0.102. The molecule has 1 heterocycles. The van der Waals surface area contributed by atoms with E-state index in [4.69, 9.17) is 23.2 Å². The number of hydrogen-bond acceptors (Lipinski definition) is 3. The highest BCUT2D eigenvalue weighted by Gasteiger charge is 2.10. The molecule has 0 fully saturated rings. The summed E-state index contributed by atoms with van der Waals surface area (Å²) in [5, 5.41) is 6.57. The minimum atomic E-state index is -0.391. The lowest BCUT2D eigenvalue weighted by Crippen LogP contribution is -2.13. The summed E-state index contributed by atoms with van der Waals surface area (Å²) >= 11 is 11.9. The highest BCUT2D eigenvalue weighted by Crippen LogP contribution is 2.25. The normalized spacial score (nSPS) is 10.4. The summed E-state index contributed by atoms with van der Waals surface area (Å²) in [4.78, 5) is 16.3. The molecule has 25 heavy (non-hydrogen) atoms. The molecule has 2 aromatic carbocycles. The lowest BCUT2D eigenvalue weighted by Gasteiger charge is -2.09. The Morgan fingerprint density at radius 3 is 2.32 bits per heavy atom. The number of benzene rings is 2. The Morgan fingerprint density at radius 2 is 1.68 bits per heavy atom. The fourth-order valence-electron chi connectivity index (χ4n) is 2.08. The van der Waals surface area contributed by atoms with E-state index in [9.17, 15) is 9.18 Å². The number of carbonyl (C=O) groups excluding carboxylic acids is 1. The molecule has 0 aliphatic carbocycles. The van der Waals surface area contributed by atoms with Gasteiger partial charge >= 0.3 is 0 Å². The van der Waals surface area contributed by atoms with Gasteiger partial charge in [-0.3, -0.25) is 4.79 Å². The molecule has 3 aromatic rings. The average molecular weight is 376 g/mol. The number of amides is 1. The quantitative estimate of drug-likeness (QED) is 0.630. The van der Waals surface area contributed by atoms with Crippen LogP contribution in [0.1, 0.15) is 10.5 Å². The topological polar surface area (TPSA) is 54.0 Å². The number of carbonyl (C=O) groups is 1. The second kappa shape index (κ2) is 7.51. The van der Waals surface area contributed by atoms with Crippen molar-refractivity contribution in [3.63, 3.8) is 0 Å². The van der Waals surface area contributed by atoms with E-state index < -0.39 is 5.91 Å². The second-order valence-electron chi connectivity index (χ2n) is 5.14. The Kier molecular flexibility index (Phi) is 5.16. The van der Waals surface area contributed by atoms with Gasteiger partial charge in [0.25, 0.3) is 5.91 Å². The van der Waals surface area contributed by atoms with Crippen molar-refractivity contribution in [3.8, 4) is 0 Å². The van der Waals surface area contributed by atoms with Crippen LogP contribution in [0.5, 0.6) is 0 Å². The summed E-state index contributed by atoms with van der Waals surface area (Å²) < 4.78 is 12.9. The molecule has 0 spiro atoms. The zero-order valence-electron chi connectivity index (χ0n) is 12.8. The molecule has 0 aliphatic rings. The molecular weight excluding hydrogens is 364 g/mol. The number of hydrogen-bond donors (Lipinski definition) is 2. The van der Waals surface area contributed by atoms with Gasteiger partial charge in [-0.05, 0) is 54.6 Å². The van der Waals surface area contributed by atoms with Gasteiger partial charge < -0.3 is 10.6 Å². The van der Waals surface area contributed by atoms with E-state index in [1.165, 1.54) is 18.3 Å². The number of nitrogens with zero attached hydrogens (tertiary/aromatic N) is 1. The molecule has 0 saturated carbocycles. The van der Waals surface area contributed by atoms with E-state index >= 15 is 0 Å². The molecule has 1 amide bonds. The molecule has 7 heteroatoms. The fourth-order valence-corrected chi connectivity index (χ4v) is 2.53. The van der Waals surface area contributed by atoms with Crippen LogP contribution in [-0.2, 0) is 0 Å². The molecule has 3 rings (SSSR count). The number of halogens is 3. The van der Waals surface area contributed by atoms with Gasteiger partial charge in [0.15, 0.2) is 0 Å². The van der Waals surface area contributed by atoms with Crippen LogP contribution in [0, 0.1) is 5.82 Å². The van der Waals surface area contributed by atoms with Crippen molar-refractivity contribution in [1.29, 1.82) is 0 Å². The van der Waals surface area contributed by atoms with Gasteiger partial charge in [-0.25, -0.2) is 9.37 Å². The van der Waals surface area contributed by atoms with Gasteiger partial charge in [0.05, 0.1) is 22.6 Å². The molecule has 0 bridgehead atoms. The minimum absolute atomic E-state index is 0.232. The summed E-state index contributed by atoms with van der Waals surface area (Å²) in [5.41, 5.74) is 2.07. The maximum Gasteiger partial charge on any atom is 0.274 e. The van der Waals surface area contributed by atoms with Crippen molar-refractivity contribution in [2.45, 2.75) is 0 Å². The highest BCUT2D eigenvalue weighted by molar-refractivity contribution is 6.36. The predicted molar refractivity (Wildman–Crippen MR) is 98.3 cm³/mol. The summed E-state index contributed by atoms with van der Waals surface area (Å²) in [7, 11) is 0. The molecule has 0 unspecified atom stereocenters. The van der Waals surface area contributed by atoms with Crippen molar-refractivity contribution in [2.24, 2.45) is 0 Å². The number of anilines is 3. The van der Waals surface area contributed by atoms with Crippen LogP contribution < -0.4 is 10.6 Å². The summed E-state index contributed by atoms with van der Waals surface area (Å²) in [5.74, 6) is -0.700. The van der Waals surface area contributed by atoms with Gasteiger partial charge in [0.1, 0.15) is 11.5 Å². The maximum absolute atomic E-state index is 12.9. The van der Waals surface area contributed by atoms with Gasteiger partial charge in [0.2, 0.25) is 0 Å². The first-order chi connectivity index (χ1) is 12.0. The van der Waals surface area contributed by atoms with E-state index in [0.717, 1.165) is 0 Å². The first kappa shape index (κ1) is 17.2. The van der Waals surface area contributed by atoms with Crippen molar-refractivity contribution in [2.75, 3.05) is 10.6 Å². The van der Waals surface area contributed by atoms with Crippen LogP contribution >= 0.6 is 23.2 Å². The summed E-state index contributed by atoms with van der Waals surface area (Å²) in [6.07, 6.45) is 1.52.